The van der Waals surface area contributed by atoms with Gasteiger partial charge in [-0.1, -0.05) is 13.3 Å². The van der Waals surface area contributed by atoms with Gasteiger partial charge in [-0.15, -0.1) is 0 Å². The third-order valence-corrected chi connectivity index (χ3v) is 3.52. The van der Waals surface area contributed by atoms with E-state index in [0.29, 0.717) is 6.54 Å². The van der Waals surface area contributed by atoms with Gasteiger partial charge in [0, 0.05) is 25.2 Å². The first-order chi connectivity index (χ1) is 9.07. The number of hydrogen-bond donors (Lipinski definition) is 2. The van der Waals surface area contributed by atoms with Gasteiger partial charge in [-0.05, 0) is 26.7 Å². The zero-order valence-corrected chi connectivity index (χ0v) is 12.1. The van der Waals surface area contributed by atoms with Gasteiger partial charge >= 0.3 is 0 Å². The maximum absolute atomic E-state index is 10.1. The van der Waals surface area contributed by atoms with E-state index in [0.717, 1.165) is 44.0 Å². The summed E-state index contributed by atoms with van der Waals surface area (Å²) in [7, 11) is 0. The fourth-order valence-electron chi connectivity index (χ4n) is 2.60. The molecule has 1 atom stereocenters. The number of hydrogen-bond acceptors (Lipinski definition) is 5. The molecule has 2 heterocycles. The summed E-state index contributed by atoms with van der Waals surface area (Å²) in [6.07, 6.45) is 4.42. The van der Waals surface area contributed by atoms with Gasteiger partial charge in [0.2, 0.25) is 0 Å². The van der Waals surface area contributed by atoms with Gasteiger partial charge in [0.05, 0.1) is 5.60 Å². The lowest BCUT2D eigenvalue weighted by Gasteiger charge is -2.23. The predicted octanol–water partition coefficient (Wildman–Crippen LogP) is 1.82. The lowest BCUT2D eigenvalue weighted by atomic mass is 10.1. The fourth-order valence-corrected chi connectivity index (χ4v) is 2.60. The van der Waals surface area contributed by atoms with Gasteiger partial charge in [-0.3, -0.25) is 0 Å². The molecule has 19 heavy (non-hydrogen) atoms. The van der Waals surface area contributed by atoms with Crippen LogP contribution in [0.2, 0.25) is 0 Å². The Morgan fingerprint density at radius 3 is 2.79 bits per heavy atom. The second-order valence-electron chi connectivity index (χ2n) is 5.47. The molecule has 0 amide bonds. The van der Waals surface area contributed by atoms with Crippen molar-refractivity contribution in [2.45, 2.75) is 45.6 Å². The molecule has 0 spiro atoms. The molecule has 1 aromatic rings. The molecular formula is C14H24N4O. The first kappa shape index (κ1) is 14.1. The molecule has 106 valence electrons. The van der Waals surface area contributed by atoms with Crippen LogP contribution in [0.15, 0.2) is 6.33 Å². The van der Waals surface area contributed by atoms with Crippen molar-refractivity contribution >= 4 is 11.6 Å². The second-order valence-corrected chi connectivity index (χ2v) is 5.47. The number of aromatic nitrogens is 2. The van der Waals surface area contributed by atoms with Crippen LogP contribution in [0.5, 0.6) is 0 Å². The van der Waals surface area contributed by atoms with Crippen molar-refractivity contribution in [2.24, 2.45) is 0 Å². The number of rotatable bonds is 5. The minimum Gasteiger partial charge on any atom is -0.388 e. The highest BCUT2D eigenvalue weighted by Gasteiger charge is 2.33. The van der Waals surface area contributed by atoms with Crippen LogP contribution in [-0.2, 0) is 6.42 Å². The minimum atomic E-state index is -0.604. The molecule has 1 aromatic heterocycles. The van der Waals surface area contributed by atoms with E-state index in [9.17, 15) is 5.11 Å². The molecule has 5 nitrogen and oxygen atoms in total. The summed E-state index contributed by atoms with van der Waals surface area (Å²) in [5.41, 5.74) is 0.566. The molecule has 0 bridgehead atoms. The van der Waals surface area contributed by atoms with E-state index in [2.05, 4.69) is 34.0 Å². The van der Waals surface area contributed by atoms with E-state index < -0.39 is 5.60 Å². The molecule has 2 rings (SSSR count). The van der Waals surface area contributed by atoms with Crippen LogP contribution >= 0.6 is 0 Å². The van der Waals surface area contributed by atoms with Crippen LogP contribution in [0.25, 0.3) is 0 Å². The van der Waals surface area contributed by atoms with Crippen molar-refractivity contribution in [1.82, 2.24) is 9.97 Å². The molecular weight excluding hydrogens is 240 g/mol. The Morgan fingerprint density at radius 2 is 2.21 bits per heavy atom. The molecule has 1 aliphatic rings. The molecule has 1 unspecified atom stereocenters. The van der Waals surface area contributed by atoms with E-state index in [4.69, 9.17) is 0 Å². The Morgan fingerprint density at radius 1 is 1.42 bits per heavy atom. The summed E-state index contributed by atoms with van der Waals surface area (Å²) in [5, 5.41) is 13.4. The van der Waals surface area contributed by atoms with Crippen LogP contribution in [-0.4, -0.2) is 40.3 Å². The van der Waals surface area contributed by atoms with Crippen molar-refractivity contribution < 1.29 is 5.11 Å². The average molecular weight is 264 g/mol. The van der Waals surface area contributed by atoms with E-state index >= 15 is 0 Å². The zero-order chi connectivity index (χ0) is 13.9. The lowest BCUT2D eigenvalue weighted by molar-refractivity contribution is 0.0839. The van der Waals surface area contributed by atoms with Gasteiger partial charge in [0.25, 0.3) is 0 Å². The molecule has 5 heteroatoms. The van der Waals surface area contributed by atoms with Gasteiger partial charge in [0.15, 0.2) is 0 Å². The van der Waals surface area contributed by atoms with Crippen molar-refractivity contribution in [3.63, 3.8) is 0 Å². The number of nitrogens with zero attached hydrogens (tertiary/aromatic N) is 3. The Labute approximate surface area is 115 Å². The molecule has 1 fully saturated rings. The Hall–Kier alpha value is -1.36. The Bertz CT molecular complexity index is 433. The molecule has 0 radical (unpaired) electrons. The Balaban J connectivity index is 2.31. The van der Waals surface area contributed by atoms with Gasteiger partial charge < -0.3 is 15.3 Å². The summed E-state index contributed by atoms with van der Waals surface area (Å²) >= 11 is 0. The van der Waals surface area contributed by atoms with E-state index in [1.807, 2.05) is 6.92 Å². The third kappa shape index (κ3) is 3.15. The summed E-state index contributed by atoms with van der Waals surface area (Å²) in [6.45, 7) is 8.47. The second kappa shape index (κ2) is 5.74. The maximum Gasteiger partial charge on any atom is 0.137 e. The third-order valence-electron chi connectivity index (χ3n) is 3.52. The van der Waals surface area contributed by atoms with Crippen LogP contribution in [0.4, 0.5) is 11.6 Å². The van der Waals surface area contributed by atoms with Gasteiger partial charge in [0.1, 0.15) is 18.0 Å². The molecule has 1 aliphatic heterocycles. The highest BCUT2D eigenvalue weighted by molar-refractivity contribution is 5.59. The normalized spacial score (nSPS) is 22.8. The molecule has 0 saturated carbocycles. The largest absolute Gasteiger partial charge is 0.388 e. The number of β-amino-alcohol motifs (C(OH)–C–C–N with tert-alkyl or cyclic N) is 1. The SMILES string of the molecule is CCCc1c(NCC)ncnc1N1CCC(C)(O)C1. The maximum atomic E-state index is 10.1. The molecule has 0 aromatic carbocycles. The van der Waals surface area contributed by atoms with Crippen LogP contribution < -0.4 is 10.2 Å². The fraction of sp³-hybridized carbons (Fsp3) is 0.714. The van der Waals surface area contributed by atoms with E-state index in [1.54, 1.807) is 6.33 Å². The van der Waals surface area contributed by atoms with E-state index in [1.165, 1.54) is 5.56 Å². The highest BCUT2D eigenvalue weighted by atomic mass is 16.3. The number of nitrogens with one attached hydrogen (secondary N) is 1. The Kier molecular flexibility index (Phi) is 4.24. The first-order valence-corrected chi connectivity index (χ1v) is 7.12. The van der Waals surface area contributed by atoms with Crippen molar-refractivity contribution in [1.29, 1.82) is 0 Å². The summed E-state index contributed by atoms with van der Waals surface area (Å²) in [4.78, 5) is 11.0. The number of anilines is 2. The van der Waals surface area contributed by atoms with Crippen molar-refractivity contribution in [2.75, 3.05) is 29.9 Å². The quantitative estimate of drug-likeness (QED) is 0.849. The van der Waals surface area contributed by atoms with Crippen LogP contribution in [0.3, 0.4) is 0 Å². The first-order valence-electron chi connectivity index (χ1n) is 7.12. The van der Waals surface area contributed by atoms with Crippen LogP contribution in [0, 0.1) is 0 Å². The van der Waals surface area contributed by atoms with E-state index in [-0.39, 0.29) is 0 Å². The molecule has 0 aliphatic carbocycles. The average Bonchev–Trinajstić information content (AvgIpc) is 2.72. The highest BCUT2D eigenvalue weighted by Crippen LogP contribution is 2.30. The van der Waals surface area contributed by atoms with Gasteiger partial charge in [-0.25, -0.2) is 9.97 Å². The number of aliphatic hydroxyl groups is 1. The summed E-state index contributed by atoms with van der Waals surface area (Å²) in [5.74, 6) is 1.91. The minimum absolute atomic E-state index is 0.604. The van der Waals surface area contributed by atoms with Crippen molar-refractivity contribution in [3.8, 4) is 0 Å². The van der Waals surface area contributed by atoms with Crippen molar-refractivity contribution in [3.05, 3.63) is 11.9 Å². The smallest absolute Gasteiger partial charge is 0.137 e. The van der Waals surface area contributed by atoms with Gasteiger partial charge in [-0.2, -0.15) is 0 Å². The topological polar surface area (TPSA) is 61.3 Å². The standard InChI is InChI=1S/C14H24N4O/c1-4-6-11-12(15-5-2)16-10-17-13(11)18-8-7-14(3,19)9-18/h10,19H,4-9H2,1-3H3,(H,15,16,17). The predicted molar refractivity (Wildman–Crippen MR) is 77.6 cm³/mol. The monoisotopic (exact) mass is 264 g/mol. The summed E-state index contributed by atoms with van der Waals surface area (Å²) in [6, 6.07) is 0. The van der Waals surface area contributed by atoms with Crippen LogP contribution in [0.1, 0.15) is 39.2 Å². The lowest BCUT2D eigenvalue weighted by Crippen LogP contribution is -2.30. The molecule has 2 N–H and O–H groups in total. The zero-order valence-electron chi connectivity index (χ0n) is 12.1. The summed E-state index contributed by atoms with van der Waals surface area (Å²) < 4.78 is 0. The molecule has 1 saturated heterocycles.